The van der Waals surface area contributed by atoms with Crippen molar-refractivity contribution in [1.82, 2.24) is 0 Å². The fraction of sp³-hybridized carbons (Fsp3) is 0.300. The summed E-state index contributed by atoms with van der Waals surface area (Å²) >= 11 is 3.45. The van der Waals surface area contributed by atoms with Crippen LogP contribution < -0.4 is 4.90 Å². The molecule has 0 N–H and O–H groups in total. The second-order valence-electron chi connectivity index (χ2n) is 6.39. The van der Waals surface area contributed by atoms with Crippen molar-refractivity contribution in [3.8, 4) is 0 Å². The van der Waals surface area contributed by atoms with E-state index in [1.807, 2.05) is 41.3 Å². The van der Waals surface area contributed by atoms with E-state index in [2.05, 4.69) is 15.9 Å². The van der Waals surface area contributed by atoms with Gasteiger partial charge in [-0.1, -0.05) is 40.2 Å². The van der Waals surface area contributed by atoms with E-state index in [-0.39, 0.29) is 12.6 Å². The van der Waals surface area contributed by atoms with Crippen LogP contribution >= 0.6 is 15.9 Å². The second-order valence-corrected chi connectivity index (χ2v) is 7.30. The lowest BCUT2D eigenvalue weighted by atomic mass is 10.0. The van der Waals surface area contributed by atoms with Gasteiger partial charge in [0.2, 0.25) is 0 Å². The lowest BCUT2D eigenvalue weighted by Crippen LogP contribution is -2.58. The van der Waals surface area contributed by atoms with E-state index in [1.54, 1.807) is 19.1 Å². The topological polar surface area (TPSA) is 55.8 Å². The Hall–Kier alpha value is -2.34. The van der Waals surface area contributed by atoms with E-state index in [1.165, 1.54) is 0 Å². The third kappa shape index (κ3) is 2.51. The Kier molecular flexibility index (Phi) is 4.23. The molecule has 5 nitrogen and oxygen atoms in total. The molecular weight excluding hydrogens is 398 g/mol. The first-order chi connectivity index (χ1) is 12.6. The molecule has 2 aromatic carbocycles. The zero-order valence-corrected chi connectivity index (χ0v) is 15.9. The fourth-order valence-electron chi connectivity index (χ4n) is 3.85. The maximum Gasteiger partial charge on any atom is 0.372 e. The summed E-state index contributed by atoms with van der Waals surface area (Å²) in [5, 5.41) is 0. The largest absolute Gasteiger partial charge is 0.462 e. The number of ether oxygens (including phenoxy) is 2. The number of fused-ring (bicyclic) bond motifs is 3. The minimum Gasteiger partial charge on any atom is -0.462 e. The number of nitrogens with zero attached hydrogens (tertiary/aromatic N) is 1. The zero-order chi connectivity index (χ0) is 18.3. The molecule has 2 heterocycles. The Morgan fingerprint density at radius 1 is 1.27 bits per heavy atom. The smallest absolute Gasteiger partial charge is 0.372 e. The van der Waals surface area contributed by atoms with E-state index in [0.29, 0.717) is 24.1 Å². The van der Waals surface area contributed by atoms with Crippen molar-refractivity contribution < 1.29 is 19.1 Å². The highest BCUT2D eigenvalue weighted by Crippen LogP contribution is 2.51. The molecule has 1 saturated heterocycles. The van der Waals surface area contributed by atoms with Gasteiger partial charge in [0.1, 0.15) is 0 Å². The summed E-state index contributed by atoms with van der Waals surface area (Å²) in [6.45, 7) is 1.98. The van der Waals surface area contributed by atoms with Crippen molar-refractivity contribution in [3.05, 3.63) is 64.1 Å². The van der Waals surface area contributed by atoms with Crippen molar-refractivity contribution >= 4 is 33.6 Å². The molecule has 2 atom stereocenters. The first-order valence-corrected chi connectivity index (χ1v) is 9.40. The van der Waals surface area contributed by atoms with Gasteiger partial charge in [-0.3, -0.25) is 0 Å². The summed E-state index contributed by atoms with van der Waals surface area (Å²) in [5.74, 6) is -0.996. The zero-order valence-electron chi connectivity index (χ0n) is 14.3. The van der Waals surface area contributed by atoms with Crippen molar-refractivity contribution in [3.63, 3.8) is 0 Å². The van der Waals surface area contributed by atoms with Crippen LogP contribution in [0.5, 0.6) is 0 Å². The number of carbonyl (C=O) groups is 2. The number of para-hydroxylation sites is 1. The average Bonchev–Trinajstić information content (AvgIpc) is 3.04. The molecule has 26 heavy (non-hydrogen) atoms. The normalized spacial score (nSPS) is 23.8. The van der Waals surface area contributed by atoms with Gasteiger partial charge in [-0.05, 0) is 43.2 Å². The molecule has 2 aliphatic heterocycles. The van der Waals surface area contributed by atoms with Gasteiger partial charge in [0.15, 0.2) is 0 Å². The molecule has 0 radical (unpaired) electrons. The van der Waals surface area contributed by atoms with Gasteiger partial charge in [0.05, 0.1) is 23.9 Å². The quantitative estimate of drug-likeness (QED) is 0.702. The number of benzene rings is 2. The summed E-state index contributed by atoms with van der Waals surface area (Å²) in [5.41, 5.74) is 0.838. The van der Waals surface area contributed by atoms with Crippen molar-refractivity contribution in [2.24, 2.45) is 0 Å². The molecule has 6 heteroatoms. The van der Waals surface area contributed by atoms with Gasteiger partial charge in [-0.25, -0.2) is 9.59 Å². The van der Waals surface area contributed by atoms with Gasteiger partial charge in [0, 0.05) is 10.9 Å². The number of carbonyl (C=O) groups excluding carboxylic acids is 2. The van der Waals surface area contributed by atoms with Crippen LogP contribution in [-0.4, -0.2) is 24.3 Å². The van der Waals surface area contributed by atoms with E-state index in [4.69, 9.17) is 9.47 Å². The molecule has 134 valence electrons. The van der Waals surface area contributed by atoms with Gasteiger partial charge >= 0.3 is 11.9 Å². The van der Waals surface area contributed by atoms with Gasteiger partial charge < -0.3 is 14.4 Å². The Morgan fingerprint density at radius 2 is 2.00 bits per heavy atom. The summed E-state index contributed by atoms with van der Waals surface area (Å²) in [6.07, 6.45) is 1.08. The number of hydrogen-bond acceptors (Lipinski definition) is 5. The Morgan fingerprint density at radius 3 is 2.73 bits per heavy atom. The van der Waals surface area contributed by atoms with E-state index < -0.39 is 17.7 Å². The molecule has 0 amide bonds. The molecule has 2 aliphatic rings. The first-order valence-electron chi connectivity index (χ1n) is 8.61. The maximum atomic E-state index is 12.8. The maximum absolute atomic E-state index is 12.8. The Bertz CT molecular complexity index is 866. The molecule has 0 bridgehead atoms. The average molecular weight is 416 g/mol. The van der Waals surface area contributed by atoms with Gasteiger partial charge in [-0.15, -0.1) is 0 Å². The molecule has 0 saturated carbocycles. The third-order valence-electron chi connectivity index (χ3n) is 4.95. The highest BCUT2D eigenvalue weighted by molar-refractivity contribution is 9.10. The lowest BCUT2D eigenvalue weighted by Gasteiger charge is -2.43. The Labute approximate surface area is 160 Å². The molecule has 4 rings (SSSR count). The van der Waals surface area contributed by atoms with Gasteiger partial charge in [-0.2, -0.15) is 0 Å². The molecule has 0 aliphatic carbocycles. The minimum absolute atomic E-state index is 0.0817. The number of rotatable bonds is 3. The van der Waals surface area contributed by atoms with E-state index in [0.717, 1.165) is 10.0 Å². The number of hydrogen-bond donors (Lipinski definition) is 0. The second kappa shape index (κ2) is 6.43. The minimum atomic E-state index is -1.40. The molecule has 1 fully saturated rings. The highest BCUT2D eigenvalue weighted by atomic mass is 79.9. The predicted molar refractivity (Wildman–Crippen MR) is 99.8 cm³/mol. The predicted octanol–water partition coefficient (Wildman–Crippen LogP) is 4.22. The molecule has 0 spiro atoms. The summed E-state index contributed by atoms with van der Waals surface area (Å²) in [7, 11) is 0. The summed E-state index contributed by atoms with van der Waals surface area (Å²) < 4.78 is 12.0. The SMILES string of the molecule is CCOC(=O)[C@@]12CC[C@@H](c3ccc(Br)cc3)N1c1ccccc1C(=O)O2. The van der Waals surface area contributed by atoms with Crippen molar-refractivity contribution in [2.45, 2.75) is 31.5 Å². The van der Waals surface area contributed by atoms with Crippen LogP contribution in [0.4, 0.5) is 5.69 Å². The van der Waals surface area contributed by atoms with Gasteiger partial charge in [0.25, 0.3) is 5.72 Å². The fourth-order valence-corrected chi connectivity index (χ4v) is 4.11. The van der Waals surface area contributed by atoms with Crippen LogP contribution in [0.15, 0.2) is 53.0 Å². The molecule has 2 aromatic rings. The number of esters is 2. The van der Waals surface area contributed by atoms with Crippen LogP contribution in [0.1, 0.15) is 41.7 Å². The van der Waals surface area contributed by atoms with E-state index >= 15 is 0 Å². The van der Waals surface area contributed by atoms with E-state index in [9.17, 15) is 9.59 Å². The molecule has 0 unspecified atom stereocenters. The highest BCUT2D eigenvalue weighted by Gasteiger charge is 2.59. The van der Waals surface area contributed by atoms with Crippen LogP contribution in [-0.2, 0) is 14.3 Å². The molecular formula is C20H18BrNO4. The van der Waals surface area contributed by atoms with Crippen LogP contribution in [0, 0.1) is 0 Å². The standard InChI is InChI=1S/C20H18BrNO4/c1-2-25-19(24)20-12-11-16(13-7-9-14(21)10-8-13)22(20)17-6-4-3-5-15(17)18(23)26-20/h3-10,16H,2,11-12H2,1H3/t16-,20-/m0/s1. The van der Waals surface area contributed by atoms with Crippen LogP contribution in [0.3, 0.4) is 0 Å². The first kappa shape index (κ1) is 17.1. The van der Waals surface area contributed by atoms with Crippen LogP contribution in [0.2, 0.25) is 0 Å². The summed E-state index contributed by atoms with van der Waals surface area (Å²) in [6, 6.07) is 15.2. The number of anilines is 1. The lowest BCUT2D eigenvalue weighted by molar-refractivity contribution is -0.165. The Balaban J connectivity index is 1.86. The number of halogens is 1. The summed E-state index contributed by atoms with van der Waals surface area (Å²) in [4.78, 5) is 27.3. The van der Waals surface area contributed by atoms with Crippen LogP contribution in [0.25, 0.3) is 0 Å². The molecule has 0 aromatic heterocycles. The van der Waals surface area contributed by atoms with Crippen molar-refractivity contribution in [1.29, 1.82) is 0 Å². The third-order valence-corrected chi connectivity index (χ3v) is 5.48. The monoisotopic (exact) mass is 415 g/mol. The van der Waals surface area contributed by atoms with Crippen molar-refractivity contribution in [2.75, 3.05) is 11.5 Å².